The van der Waals surface area contributed by atoms with Crippen LogP contribution in [0.2, 0.25) is 5.15 Å². The average molecular weight is 480 g/mol. The van der Waals surface area contributed by atoms with Gasteiger partial charge in [-0.1, -0.05) is 41.4 Å². The summed E-state index contributed by atoms with van der Waals surface area (Å²) in [4.78, 5) is 42.4. The van der Waals surface area contributed by atoms with Crippen LogP contribution in [0.25, 0.3) is 6.08 Å². The molecule has 4 rings (SSSR count). The molecule has 8 nitrogen and oxygen atoms in total. The molecule has 2 aromatic heterocycles. The van der Waals surface area contributed by atoms with E-state index in [-0.39, 0.29) is 17.4 Å². The van der Waals surface area contributed by atoms with Crippen molar-refractivity contribution in [1.82, 2.24) is 24.6 Å². The Balaban J connectivity index is 1.36. The maximum absolute atomic E-state index is 12.7. The van der Waals surface area contributed by atoms with Crippen LogP contribution in [0.1, 0.15) is 32.7 Å². The molecule has 0 bridgehead atoms. The maximum Gasteiger partial charge on any atom is 0.255 e. The van der Waals surface area contributed by atoms with Crippen molar-refractivity contribution in [2.24, 2.45) is 0 Å². The third kappa shape index (κ3) is 5.28. The number of nitrogens with one attached hydrogen (secondary N) is 1. The van der Waals surface area contributed by atoms with E-state index in [1.807, 2.05) is 38.1 Å². The van der Waals surface area contributed by atoms with E-state index in [1.54, 1.807) is 20.6 Å². The molecule has 0 unspecified atom stereocenters. The van der Waals surface area contributed by atoms with Crippen molar-refractivity contribution in [1.29, 1.82) is 0 Å². The van der Waals surface area contributed by atoms with Gasteiger partial charge in [0.1, 0.15) is 5.15 Å². The Hall–Kier alpha value is -3.65. The minimum absolute atomic E-state index is 0.141. The fraction of sp³-hybridized carbons (Fsp3) is 0.280. The predicted octanol–water partition coefficient (Wildman–Crippen LogP) is 2.89. The summed E-state index contributed by atoms with van der Waals surface area (Å²) in [5.74, 6) is -0.305. The molecule has 0 spiro atoms. The van der Waals surface area contributed by atoms with Crippen LogP contribution in [0, 0.1) is 13.8 Å². The highest BCUT2D eigenvalue weighted by Gasteiger charge is 2.24. The highest BCUT2D eigenvalue weighted by molar-refractivity contribution is 6.31. The molecule has 0 radical (unpaired) electrons. The van der Waals surface area contributed by atoms with E-state index < -0.39 is 0 Å². The Morgan fingerprint density at radius 3 is 2.35 bits per heavy atom. The highest BCUT2D eigenvalue weighted by atomic mass is 35.5. The summed E-state index contributed by atoms with van der Waals surface area (Å²) in [6.45, 7) is 6.15. The molecule has 9 heteroatoms. The number of aromatic nitrogens is 3. The van der Waals surface area contributed by atoms with Gasteiger partial charge in [0.25, 0.3) is 5.91 Å². The Bertz CT molecular complexity index is 1260. The molecule has 176 valence electrons. The van der Waals surface area contributed by atoms with Crippen molar-refractivity contribution in [3.63, 3.8) is 0 Å². The minimum Gasteiger partial charge on any atom is -0.336 e. The van der Waals surface area contributed by atoms with Crippen molar-refractivity contribution >= 4 is 29.5 Å². The Kier molecular flexibility index (Phi) is 6.98. The van der Waals surface area contributed by atoms with Crippen LogP contribution in [0.4, 0.5) is 0 Å². The van der Waals surface area contributed by atoms with Crippen LogP contribution in [0.15, 0.2) is 53.5 Å². The van der Waals surface area contributed by atoms with Gasteiger partial charge < -0.3 is 14.8 Å². The lowest BCUT2D eigenvalue weighted by Crippen LogP contribution is -2.50. The van der Waals surface area contributed by atoms with E-state index in [9.17, 15) is 14.4 Å². The molecular weight excluding hydrogens is 454 g/mol. The van der Waals surface area contributed by atoms with Gasteiger partial charge in [0.15, 0.2) is 0 Å². The van der Waals surface area contributed by atoms with Crippen molar-refractivity contribution < 1.29 is 9.59 Å². The molecule has 3 aromatic rings. The number of halogens is 1. The molecule has 2 amide bonds. The first-order valence-corrected chi connectivity index (χ1v) is 11.4. The summed E-state index contributed by atoms with van der Waals surface area (Å²) in [5, 5.41) is 5.01. The number of carbonyl (C=O) groups is 2. The van der Waals surface area contributed by atoms with Gasteiger partial charge in [0.05, 0.1) is 17.8 Å². The second-order valence-electron chi connectivity index (χ2n) is 8.33. The van der Waals surface area contributed by atoms with E-state index in [2.05, 4.69) is 10.1 Å². The predicted molar refractivity (Wildman–Crippen MR) is 131 cm³/mol. The average Bonchev–Trinajstić information content (AvgIpc) is 3.11. The number of H-pyrrole nitrogens is 1. The van der Waals surface area contributed by atoms with E-state index >= 15 is 0 Å². The summed E-state index contributed by atoms with van der Waals surface area (Å²) >= 11 is 6.56. The zero-order valence-electron chi connectivity index (χ0n) is 19.1. The Labute approximate surface area is 202 Å². The number of rotatable bonds is 5. The number of piperazine rings is 1. The second-order valence-corrected chi connectivity index (χ2v) is 8.68. The molecule has 1 saturated heterocycles. The monoisotopic (exact) mass is 479 g/mol. The first-order valence-electron chi connectivity index (χ1n) is 11.1. The molecule has 1 fully saturated rings. The lowest BCUT2D eigenvalue weighted by Gasteiger charge is -2.34. The lowest BCUT2D eigenvalue weighted by atomic mass is 10.1. The minimum atomic E-state index is -0.255. The number of aryl methyl sites for hydroxylation is 2. The second kappa shape index (κ2) is 10.1. The first kappa shape index (κ1) is 23.5. The molecule has 1 aliphatic rings. The van der Waals surface area contributed by atoms with Crippen LogP contribution >= 0.6 is 11.6 Å². The molecule has 0 saturated carbocycles. The number of hydrogen-bond acceptors (Lipinski definition) is 4. The molecule has 0 aliphatic carbocycles. The van der Waals surface area contributed by atoms with E-state index in [4.69, 9.17) is 11.6 Å². The van der Waals surface area contributed by atoms with E-state index in [1.165, 1.54) is 30.0 Å². The number of aromatic amines is 1. The number of pyridine rings is 1. The third-order valence-electron chi connectivity index (χ3n) is 5.86. The Morgan fingerprint density at radius 1 is 1.03 bits per heavy atom. The zero-order chi connectivity index (χ0) is 24.2. The topological polar surface area (TPSA) is 91.3 Å². The molecular formula is C25H26ClN5O3. The van der Waals surface area contributed by atoms with Gasteiger partial charge >= 0.3 is 0 Å². The van der Waals surface area contributed by atoms with Crippen molar-refractivity contribution in [2.45, 2.75) is 20.4 Å². The molecule has 3 heterocycles. The first-order chi connectivity index (χ1) is 16.3. The van der Waals surface area contributed by atoms with Gasteiger partial charge in [0, 0.05) is 50.1 Å². The van der Waals surface area contributed by atoms with Gasteiger partial charge in [-0.3, -0.25) is 14.4 Å². The number of carbonyl (C=O) groups excluding carboxylic acids is 2. The summed E-state index contributed by atoms with van der Waals surface area (Å²) in [5.41, 5.74) is 3.92. The van der Waals surface area contributed by atoms with Gasteiger partial charge in [-0.15, -0.1) is 0 Å². The summed E-state index contributed by atoms with van der Waals surface area (Å²) in [6, 6.07) is 11.0. The Morgan fingerprint density at radius 2 is 1.71 bits per heavy atom. The molecule has 1 N–H and O–H groups in total. The van der Waals surface area contributed by atoms with E-state index in [0.29, 0.717) is 49.0 Å². The fourth-order valence-electron chi connectivity index (χ4n) is 3.84. The van der Waals surface area contributed by atoms with Gasteiger partial charge in [0.2, 0.25) is 11.5 Å². The van der Waals surface area contributed by atoms with Gasteiger partial charge in [-0.25, -0.2) is 4.68 Å². The molecule has 1 aliphatic heterocycles. The summed E-state index contributed by atoms with van der Waals surface area (Å²) in [6.07, 6.45) is 4.62. The molecule has 0 atom stereocenters. The van der Waals surface area contributed by atoms with Gasteiger partial charge in [-0.2, -0.15) is 5.10 Å². The van der Waals surface area contributed by atoms with Crippen molar-refractivity contribution in [2.75, 3.05) is 26.2 Å². The molecule has 34 heavy (non-hydrogen) atoms. The maximum atomic E-state index is 12.7. The molecule has 1 aromatic carbocycles. The quantitative estimate of drug-likeness (QED) is 0.569. The third-order valence-corrected chi connectivity index (χ3v) is 6.26. The zero-order valence-corrected chi connectivity index (χ0v) is 19.9. The number of benzene rings is 1. The fourth-order valence-corrected chi connectivity index (χ4v) is 4.14. The van der Waals surface area contributed by atoms with E-state index in [0.717, 1.165) is 11.3 Å². The number of hydrogen-bond donors (Lipinski definition) is 1. The normalized spacial score (nSPS) is 14.1. The SMILES string of the molecule is Cc1ccc(Cn2nc(C)c(C=CC(=O)N3CCN(C(=O)c4ccc(=O)[nH]c4)CC3)c2Cl)cc1. The van der Waals surface area contributed by atoms with Crippen LogP contribution in [-0.4, -0.2) is 62.6 Å². The summed E-state index contributed by atoms with van der Waals surface area (Å²) < 4.78 is 1.73. The van der Waals surface area contributed by atoms with Crippen LogP contribution < -0.4 is 5.56 Å². The largest absolute Gasteiger partial charge is 0.336 e. The number of nitrogens with zero attached hydrogens (tertiary/aromatic N) is 4. The standard InChI is InChI=1S/C25H26ClN5O3/c1-17-3-5-19(6-4-17)16-31-24(26)21(18(2)28-31)8-10-23(33)29-11-13-30(14-12-29)25(34)20-7-9-22(32)27-15-20/h3-10,15H,11-14,16H2,1-2H3,(H,27,32). The van der Waals surface area contributed by atoms with Crippen molar-refractivity contribution in [3.8, 4) is 0 Å². The summed E-state index contributed by atoms with van der Waals surface area (Å²) in [7, 11) is 0. The van der Waals surface area contributed by atoms with Gasteiger partial charge in [-0.05, 0) is 31.6 Å². The number of amides is 2. The van der Waals surface area contributed by atoms with Crippen LogP contribution in [-0.2, 0) is 11.3 Å². The highest BCUT2D eigenvalue weighted by Crippen LogP contribution is 2.22. The van der Waals surface area contributed by atoms with Crippen LogP contribution in [0.5, 0.6) is 0 Å². The smallest absolute Gasteiger partial charge is 0.255 e. The van der Waals surface area contributed by atoms with Crippen molar-refractivity contribution in [3.05, 3.63) is 92.1 Å². The lowest BCUT2D eigenvalue weighted by molar-refractivity contribution is -0.127. The van der Waals surface area contributed by atoms with Crippen LogP contribution in [0.3, 0.4) is 0 Å².